The van der Waals surface area contributed by atoms with Gasteiger partial charge in [-0.05, 0) is 76.0 Å². The maximum absolute atomic E-state index is 6.85. The number of rotatable bonds is 3. The molecule has 3 aliphatic rings. The van der Waals surface area contributed by atoms with Crippen molar-refractivity contribution in [3.05, 3.63) is 0 Å². The van der Waals surface area contributed by atoms with Crippen LogP contribution in [-0.2, 0) is 4.74 Å². The van der Waals surface area contributed by atoms with Crippen molar-refractivity contribution in [1.82, 2.24) is 0 Å². The van der Waals surface area contributed by atoms with E-state index >= 15 is 0 Å². The minimum absolute atomic E-state index is 0.189. The van der Waals surface area contributed by atoms with Gasteiger partial charge in [0.2, 0.25) is 0 Å². The number of fused-ring (bicyclic) bond motifs is 2. The van der Waals surface area contributed by atoms with Gasteiger partial charge >= 0.3 is 0 Å². The topological polar surface area (TPSA) is 9.23 Å². The molecular weight excluding hydrogens is 232 g/mol. The molecule has 1 heteroatoms. The molecule has 0 heterocycles. The Morgan fingerprint density at radius 1 is 1.00 bits per heavy atom. The van der Waals surface area contributed by atoms with Crippen molar-refractivity contribution in [2.24, 2.45) is 17.8 Å². The molecule has 0 spiro atoms. The van der Waals surface area contributed by atoms with Crippen LogP contribution < -0.4 is 0 Å². The molecule has 3 aliphatic carbocycles. The first kappa shape index (κ1) is 13.9. The van der Waals surface area contributed by atoms with Crippen molar-refractivity contribution >= 4 is 0 Å². The first-order valence-corrected chi connectivity index (χ1v) is 8.73. The van der Waals surface area contributed by atoms with E-state index in [9.17, 15) is 0 Å². The standard InChI is InChI=1S/C18H32O/c1-4-18(7-5-6-8-18)19-17(3)12-15-9-14(2)10-16(11-15)13-17/h14-16H,4-13H2,1-3H3. The smallest absolute Gasteiger partial charge is 0.0687 e. The molecule has 3 fully saturated rings. The third kappa shape index (κ3) is 2.86. The average molecular weight is 264 g/mol. The molecule has 2 unspecified atom stereocenters. The third-order valence-corrected chi connectivity index (χ3v) is 6.20. The van der Waals surface area contributed by atoms with Gasteiger partial charge in [-0.15, -0.1) is 0 Å². The fourth-order valence-electron chi connectivity index (χ4n) is 5.69. The van der Waals surface area contributed by atoms with Crippen molar-refractivity contribution in [1.29, 1.82) is 0 Å². The van der Waals surface area contributed by atoms with Crippen LogP contribution in [0.25, 0.3) is 0 Å². The van der Waals surface area contributed by atoms with Gasteiger partial charge in [0, 0.05) is 0 Å². The van der Waals surface area contributed by atoms with E-state index in [0.717, 1.165) is 17.8 Å². The molecule has 0 radical (unpaired) electrons. The summed E-state index contributed by atoms with van der Waals surface area (Å²) in [6.45, 7) is 7.21. The van der Waals surface area contributed by atoms with Crippen LogP contribution in [0.4, 0.5) is 0 Å². The molecule has 2 bridgehead atoms. The molecule has 0 aromatic rings. The molecule has 0 N–H and O–H groups in total. The lowest BCUT2D eigenvalue weighted by Crippen LogP contribution is -2.47. The van der Waals surface area contributed by atoms with E-state index in [-0.39, 0.29) is 11.2 Å². The van der Waals surface area contributed by atoms with E-state index in [1.54, 1.807) is 0 Å². The zero-order valence-corrected chi connectivity index (χ0v) is 13.2. The van der Waals surface area contributed by atoms with E-state index < -0.39 is 0 Å². The first-order chi connectivity index (χ1) is 9.03. The second-order valence-corrected chi connectivity index (χ2v) is 8.25. The number of ether oxygens (including phenoxy) is 1. The second kappa shape index (κ2) is 5.06. The van der Waals surface area contributed by atoms with E-state index in [2.05, 4.69) is 20.8 Å². The van der Waals surface area contributed by atoms with Crippen molar-refractivity contribution in [3.8, 4) is 0 Å². The molecule has 3 saturated carbocycles. The van der Waals surface area contributed by atoms with Crippen LogP contribution in [0.3, 0.4) is 0 Å². The highest BCUT2D eigenvalue weighted by molar-refractivity contribution is 4.96. The molecule has 3 rings (SSSR count). The second-order valence-electron chi connectivity index (χ2n) is 8.25. The summed E-state index contributed by atoms with van der Waals surface area (Å²) >= 11 is 0. The first-order valence-electron chi connectivity index (χ1n) is 8.73. The Kier molecular flexibility index (Phi) is 3.71. The van der Waals surface area contributed by atoms with Gasteiger partial charge in [0.15, 0.2) is 0 Å². The SMILES string of the molecule is CCC1(OC2(C)CC3CC(C)CC(C3)C2)CCCC1. The molecule has 2 atom stereocenters. The maximum atomic E-state index is 6.85. The lowest BCUT2D eigenvalue weighted by molar-refractivity contribution is -0.182. The summed E-state index contributed by atoms with van der Waals surface area (Å²) in [6.07, 6.45) is 13.7. The molecule has 19 heavy (non-hydrogen) atoms. The molecule has 110 valence electrons. The zero-order chi connectivity index (χ0) is 13.5. The van der Waals surface area contributed by atoms with Gasteiger partial charge in [-0.3, -0.25) is 0 Å². The normalized spacial score (nSPS) is 45.3. The Morgan fingerprint density at radius 3 is 2.11 bits per heavy atom. The van der Waals surface area contributed by atoms with Crippen LogP contribution in [0, 0.1) is 17.8 Å². The predicted molar refractivity (Wildman–Crippen MR) is 80.2 cm³/mol. The molecule has 0 aliphatic heterocycles. The monoisotopic (exact) mass is 264 g/mol. The van der Waals surface area contributed by atoms with Gasteiger partial charge in [0.1, 0.15) is 0 Å². The van der Waals surface area contributed by atoms with Gasteiger partial charge < -0.3 is 4.74 Å². The number of hydrogen-bond donors (Lipinski definition) is 0. The molecule has 0 amide bonds. The van der Waals surface area contributed by atoms with E-state index in [1.807, 2.05) is 0 Å². The van der Waals surface area contributed by atoms with Crippen LogP contribution in [-0.4, -0.2) is 11.2 Å². The number of hydrogen-bond acceptors (Lipinski definition) is 1. The molecule has 0 saturated heterocycles. The van der Waals surface area contributed by atoms with Crippen LogP contribution >= 0.6 is 0 Å². The van der Waals surface area contributed by atoms with Gasteiger partial charge in [-0.1, -0.05) is 26.7 Å². The summed E-state index contributed by atoms with van der Waals surface area (Å²) in [5.41, 5.74) is 0.431. The minimum Gasteiger partial charge on any atom is -0.369 e. The van der Waals surface area contributed by atoms with E-state index in [1.165, 1.54) is 64.2 Å². The van der Waals surface area contributed by atoms with Crippen LogP contribution in [0.5, 0.6) is 0 Å². The van der Waals surface area contributed by atoms with Crippen molar-refractivity contribution in [2.45, 2.75) is 96.2 Å². The summed E-state index contributed by atoms with van der Waals surface area (Å²) in [7, 11) is 0. The lowest BCUT2D eigenvalue weighted by atomic mass is 9.63. The Hall–Kier alpha value is -0.0400. The summed E-state index contributed by atoms with van der Waals surface area (Å²) < 4.78 is 6.85. The van der Waals surface area contributed by atoms with E-state index in [4.69, 9.17) is 4.74 Å². The quantitative estimate of drug-likeness (QED) is 0.669. The fourth-order valence-corrected chi connectivity index (χ4v) is 5.69. The lowest BCUT2D eigenvalue weighted by Gasteiger charge is -2.50. The Morgan fingerprint density at radius 2 is 1.58 bits per heavy atom. The highest BCUT2D eigenvalue weighted by Crippen LogP contribution is 2.50. The highest BCUT2D eigenvalue weighted by Gasteiger charge is 2.46. The van der Waals surface area contributed by atoms with Gasteiger partial charge in [-0.25, -0.2) is 0 Å². The Bertz CT molecular complexity index is 298. The molecular formula is C18H32O. The predicted octanol–water partition coefficient (Wildman–Crippen LogP) is 5.33. The third-order valence-electron chi connectivity index (χ3n) is 6.20. The largest absolute Gasteiger partial charge is 0.369 e. The zero-order valence-electron chi connectivity index (χ0n) is 13.2. The molecule has 0 aromatic heterocycles. The fraction of sp³-hybridized carbons (Fsp3) is 1.00. The Labute approximate surface area is 119 Å². The molecule has 1 nitrogen and oxygen atoms in total. The summed E-state index contributed by atoms with van der Waals surface area (Å²) in [4.78, 5) is 0. The molecule has 0 aromatic carbocycles. The van der Waals surface area contributed by atoms with Gasteiger partial charge in [0.05, 0.1) is 11.2 Å². The summed E-state index contributed by atoms with van der Waals surface area (Å²) in [5.74, 6) is 2.85. The van der Waals surface area contributed by atoms with Crippen LogP contribution in [0.1, 0.15) is 85.0 Å². The van der Waals surface area contributed by atoms with E-state index in [0.29, 0.717) is 0 Å². The maximum Gasteiger partial charge on any atom is 0.0687 e. The van der Waals surface area contributed by atoms with Crippen LogP contribution in [0.15, 0.2) is 0 Å². The van der Waals surface area contributed by atoms with Crippen molar-refractivity contribution < 1.29 is 4.74 Å². The van der Waals surface area contributed by atoms with Gasteiger partial charge in [0.25, 0.3) is 0 Å². The Balaban J connectivity index is 1.70. The summed E-state index contributed by atoms with van der Waals surface area (Å²) in [5, 5.41) is 0. The van der Waals surface area contributed by atoms with Crippen molar-refractivity contribution in [2.75, 3.05) is 0 Å². The van der Waals surface area contributed by atoms with Crippen LogP contribution in [0.2, 0.25) is 0 Å². The average Bonchev–Trinajstić information content (AvgIpc) is 2.75. The highest BCUT2D eigenvalue weighted by atomic mass is 16.5. The minimum atomic E-state index is 0.189. The van der Waals surface area contributed by atoms with Crippen molar-refractivity contribution in [3.63, 3.8) is 0 Å². The summed E-state index contributed by atoms with van der Waals surface area (Å²) in [6, 6.07) is 0. The van der Waals surface area contributed by atoms with Gasteiger partial charge in [-0.2, -0.15) is 0 Å².